The molecule has 0 heterocycles. The van der Waals surface area contributed by atoms with Crippen molar-refractivity contribution in [2.24, 2.45) is 5.92 Å². The van der Waals surface area contributed by atoms with E-state index in [0.717, 1.165) is 24.9 Å². The Hall–Kier alpha value is -1.13. The first-order valence-electron chi connectivity index (χ1n) is 7.25. The van der Waals surface area contributed by atoms with Crippen molar-refractivity contribution < 1.29 is 13.9 Å². The lowest BCUT2D eigenvalue weighted by molar-refractivity contribution is 0.199. The molecule has 0 aliphatic carbocycles. The van der Waals surface area contributed by atoms with Crippen LogP contribution in [0.25, 0.3) is 0 Å². The van der Waals surface area contributed by atoms with Gasteiger partial charge in [-0.3, -0.25) is 0 Å². The van der Waals surface area contributed by atoms with Crippen molar-refractivity contribution in [3.8, 4) is 5.75 Å². The Bertz CT molecular complexity index is 383. The maximum Gasteiger partial charge on any atom is 0.165 e. The van der Waals surface area contributed by atoms with E-state index in [-0.39, 0.29) is 5.82 Å². The lowest BCUT2D eigenvalue weighted by Gasteiger charge is -2.13. The van der Waals surface area contributed by atoms with Gasteiger partial charge in [-0.1, -0.05) is 26.0 Å². The molecule has 0 aliphatic rings. The van der Waals surface area contributed by atoms with E-state index >= 15 is 0 Å². The van der Waals surface area contributed by atoms with Gasteiger partial charge in [0.1, 0.15) is 0 Å². The number of nitrogens with one attached hydrogen (secondary N) is 1. The summed E-state index contributed by atoms with van der Waals surface area (Å²) in [6, 6.07) is 5.04. The summed E-state index contributed by atoms with van der Waals surface area (Å²) in [5, 5.41) is 3.21. The summed E-state index contributed by atoms with van der Waals surface area (Å²) in [5.74, 6) is 0.733. The summed E-state index contributed by atoms with van der Waals surface area (Å²) in [6.45, 7) is 6.87. The highest BCUT2D eigenvalue weighted by Gasteiger charge is 2.09. The summed E-state index contributed by atoms with van der Waals surface area (Å²) in [5.41, 5.74) is 0.852. The molecule has 0 aliphatic heterocycles. The Labute approximate surface area is 121 Å². The molecule has 20 heavy (non-hydrogen) atoms. The van der Waals surface area contributed by atoms with Crippen LogP contribution >= 0.6 is 0 Å². The van der Waals surface area contributed by atoms with E-state index in [1.807, 2.05) is 6.07 Å². The number of hydrogen-bond acceptors (Lipinski definition) is 3. The van der Waals surface area contributed by atoms with Crippen LogP contribution in [0.1, 0.15) is 32.3 Å². The van der Waals surface area contributed by atoms with Gasteiger partial charge in [0.05, 0.1) is 13.2 Å². The van der Waals surface area contributed by atoms with Crippen molar-refractivity contribution in [1.82, 2.24) is 5.32 Å². The number of methoxy groups -OCH3 is 1. The number of ether oxygens (including phenoxy) is 2. The van der Waals surface area contributed by atoms with E-state index in [0.29, 0.717) is 31.4 Å². The largest absolute Gasteiger partial charge is 0.490 e. The van der Waals surface area contributed by atoms with Gasteiger partial charge >= 0.3 is 0 Å². The molecule has 1 aromatic rings. The topological polar surface area (TPSA) is 30.5 Å². The predicted molar refractivity (Wildman–Crippen MR) is 79.5 cm³/mol. The summed E-state index contributed by atoms with van der Waals surface area (Å²) >= 11 is 0. The highest BCUT2D eigenvalue weighted by molar-refractivity contribution is 5.34. The quantitative estimate of drug-likeness (QED) is 0.668. The summed E-state index contributed by atoms with van der Waals surface area (Å²) in [6.07, 6.45) is 2.04. The second kappa shape index (κ2) is 9.72. The fraction of sp³-hybridized carbons (Fsp3) is 0.625. The first-order chi connectivity index (χ1) is 9.65. The molecule has 3 nitrogen and oxygen atoms in total. The Morgan fingerprint density at radius 1 is 1.25 bits per heavy atom. The lowest BCUT2D eigenvalue weighted by atomic mass is 10.1. The standard InChI is InChI=1S/C16H26FNO2/c1-13(2)6-5-10-20-16-14(7-4-8-15(16)17)12-18-9-11-19-3/h4,7-8,13,18H,5-6,9-12H2,1-3H3. The molecule has 1 aromatic carbocycles. The van der Waals surface area contributed by atoms with Crippen LogP contribution in [0, 0.1) is 11.7 Å². The van der Waals surface area contributed by atoms with Crippen molar-refractivity contribution in [3.63, 3.8) is 0 Å². The number of halogens is 1. The number of benzene rings is 1. The fourth-order valence-electron chi connectivity index (χ4n) is 1.92. The first-order valence-corrected chi connectivity index (χ1v) is 7.25. The molecule has 0 aromatic heterocycles. The lowest BCUT2D eigenvalue weighted by Crippen LogP contribution is -2.19. The van der Waals surface area contributed by atoms with Gasteiger partial charge in [-0.15, -0.1) is 0 Å². The van der Waals surface area contributed by atoms with Crippen LogP contribution in [0.2, 0.25) is 0 Å². The van der Waals surface area contributed by atoms with Crippen LogP contribution in [-0.2, 0) is 11.3 Å². The van der Waals surface area contributed by atoms with Crippen LogP contribution in [0.3, 0.4) is 0 Å². The maximum absolute atomic E-state index is 13.8. The smallest absolute Gasteiger partial charge is 0.165 e. The van der Waals surface area contributed by atoms with Crippen LogP contribution in [0.4, 0.5) is 4.39 Å². The Morgan fingerprint density at radius 2 is 2.05 bits per heavy atom. The monoisotopic (exact) mass is 283 g/mol. The van der Waals surface area contributed by atoms with E-state index in [4.69, 9.17) is 9.47 Å². The Morgan fingerprint density at radius 3 is 2.75 bits per heavy atom. The minimum atomic E-state index is -0.291. The average Bonchev–Trinajstić information content (AvgIpc) is 2.41. The molecule has 1 rings (SSSR count). The van der Waals surface area contributed by atoms with Gasteiger partial charge in [-0.2, -0.15) is 0 Å². The molecule has 0 bridgehead atoms. The maximum atomic E-state index is 13.8. The molecule has 4 heteroatoms. The van der Waals surface area contributed by atoms with Gasteiger partial charge < -0.3 is 14.8 Å². The Balaban J connectivity index is 2.49. The molecule has 0 atom stereocenters. The fourth-order valence-corrected chi connectivity index (χ4v) is 1.92. The van der Waals surface area contributed by atoms with E-state index in [2.05, 4.69) is 19.2 Å². The first kappa shape index (κ1) is 16.9. The van der Waals surface area contributed by atoms with Crippen molar-refractivity contribution in [1.29, 1.82) is 0 Å². The number of rotatable bonds is 10. The van der Waals surface area contributed by atoms with Crippen LogP contribution < -0.4 is 10.1 Å². The molecule has 1 N–H and O–H groups in total. The number of hydrogen-bond donors (Lipinski definition) is 1. The minimum Gasteiger partial charge on any atom is -0.490 e. The number of para-hydroxylation sites is 1. The molecular formula is C16H26FNO2. The van der Waals surface area contributed by atoms with Crippen LogP contribution in [-0.4, -0.2) is 26.9 Å². The SMILES string of the molecule is COCCNCc1cccc(F)c1OCCCC(C)C. The van der Waals surface area contributed by atoms with Gasteiger partial charge in [-0.25, -0.2) is 4.39 Å². The molecular weight excluding hydrogens is 257 g/mol. The second-order valence-corrected chi connectivity index (χ2v) is 5.28. The molecule has 0 fully saturated rings. The van der Waals surface area contributed by atoms with Gasteiger partial charge in [0.2, 0.25) is 0 Å². The summed E-state index contributed by atoms with van der Waals surface area (Å²) in [7, 11) is 1.66. The van der Waals surface area contributed by atoms with Gasteiger partial charge in [-0.05, 0) is 24.8 Å². The van der Waals surface area contributed by atoms with Crippen molar-refractivity contribution in [2.75, 3.05) is 26.9 Å². The molecule has 0 saturated heterocycles. The summed E-state index contributed by atoms with van der Waals surface area (Å²) < 4.78 is 24.4. The molecule has 0 amide bonds. The third-order valence-corrected chi connectivity index (χ3v) is 3.02. The van der Waals surface area contributed by atoms with Gasteiger partial charge in [0.25, 0.3) is 0 Å². The molecule has 0 spiro atoms. The van der Waals surface area contributed by atoms with Gasteiger partial charge in [0.15, 0.2) is 11.6 Å². The third kappa shape index (κ3) is 6.35. The Kier molecular flexibility index (Phi) is 8.23. The minimum absolute atomic E-state index is 0.291. The van der Waals surface area contributed by atoms with Crippen molar-refractivity contribution in [3.05, 3.63) is 29.6 Å². The average molecular weight is 283 g/mol. The van der Waals surface area contributed by atoms with Crippen LogP contribution in [0.15, 0.2) is 18.2 Å². The third-order valence-electron chi connectivity index (χ3n) is 3.02. The van der Waals surface area contributed by atoms with E-state index < -0.39 is 0 Å². The molecule has 0 saturated carbocycles. The van der Waals surface area contributed by atoms with Crippen molar-refractivity contribution >= 4 is 0 Å². The second-order valence-electron chi connectivity index (χ2n) is 5.28. The molecule has 114 valence electrons. The van der Waals surface area contributed by atoms with E-state index in [1.165, 1.54) is 6.07 Å². The zero-order valence-corrected chi connectivity index (χ0v) is 12.7. The van der Waals surface area contributed by atoms with E-state index in [1.54, 1.807) is 13.2 Å². The predicted octanol–water partition coefficient (Wildman–Crippen LogP) is 3.38. The van der Waals surface area contributed by atoms with Crippen LogP contribution in [0.5, 0.6) is 5.75 Å². The zero-order valence-electron chi connectivity index (χ0n) is 12.7. The highest BCUT2D eigenvalue weighted by Crippen LogP contribution is 2.23. The summed E-state index contributed by atoms with van der Waals surface area (Å²) in [4.78, 5) is 0. The van der Waals surface area contributed by atoms with Gasteiger partial charge in [0, 0.05) is 25.8 Å². The molecule has 0 unspecified atom stereocenters. The zero-order chi connectivity index (χ0) is 14.8. The van der Waals surface area contributed by atoms with E-state index in [9.17, 15) is 4.39 Å². The normalized spacial score (nSPS) is 11.1. The highest BCUT2D eigenvalue weighted by atomic mass is 19.1. The van der Waals surface area contributed by atoms with Crippen molar-refractivity contribution in [2.45, 2.75) is 33.2 Å². The molecule has 0 radical (unpaired) electrons.